The van der Waals surface area contributed by atoms with Gasteiger partial charge in [-0.15, -0.1) is 0 Å². The van der Waals surface area contributed by atoms with Crippen molar-refractivity contribution < 1.29 is 13.2 Å². The summed E-state index contributed by atoms with van der Waals surface area (Å²) in [6.45, 7) is 3.91. The van der Waals surface area contributed by atoms with E-state index in [1.165, 1.54) is 6.26 Å². The Kier molecular flexibility index (Phi) is 2.08. The first-order valence-corrected chi connectivity index (χ1v) is 6.70. The molecule has 1 aliphatic rings. The normalized spacial score (nSPS) is 18.3. The second-order valence-corrected chi connectivity index (χ2v) is 6.54. The van der Waals surface area contributed by atoms with Gasteiger partial charge in [-0.25, -0.2) is 8.42 Å². The molecule has 1 aromatic rings. The monoisotopic (exact) mass is 226 g/mol. The Morgan fingerprint density at radius 3 is 2.60 bits per heavy atom. The van der Waals surface area contributed by atoms with E-state index in [2.05, 4.69) is 0 Å². The van der Waals surface area contributed by atoms with Crippen LogP contribution in [0.3, 0.4) is 0 Å². The smallest absolute Gasteiger partial charge is 0.179 e. The van der Waals surface area contributed by atoms with Gasteiger partial charge in [0.25, 0.3) is 0 Å². The van der Waals surface area contributed by atoms with Crippen molar-refractivity contribution in [2.45, 2.75) is 30.8 Å². The maximum Gasteiger partial charge on any atom is 0.179 e. The summed E-state index contributed by atoms with van der Waals surface area (Å²) < 4.78 is 28.7. The second kappa shape index (κ2) is 2.98. The van der Waals surface area contributed by atoms with Crippen LogP contribution in [0.15, 0.2) is 23.1 Å². The van der Waals surface area contributed by atoms with E-state index in [-0.39, 0.29) is 5.60 Å². The zero-order valence-corrected chi connectivity index (χ0v) is 9.89. The van der Waals surface area contributed by atoms with Crippen LogP contribution in [-0.2, 0) is 16.3 Å². The molecule has 0 saturated heterocycles. The van der Waals surface area contributed by atoms with Crippen LogP contribution in [0.5, 0.6) is 5.75 Å². The molecule has 82 valence electrons. The molecule has 15 heavy (non-hydrogen) atoms. The minimum atomic E-state index is -3.20. The molecule has 0 aliphatic carbocycles. The van der Waals surface area contributed by atoms with Gasteiger partial charge in [-0.2, -0.15) is 0 Å². The standard InChI is InChI=1S/C11H14O3S/c1-11(2)7-8-5-4-6-9(10(8)14-11)15(3,12)13/h4-6H,7H2,1-3H3. The first kappa shape index (κ1) is 10.5. The van der Waals surface area contributed by atoms with Gasteiger partial charge in [0, 0.05) is 12.7 Å². The van der Waals surface area contributed by atoms with Gasteiger partial charge >= 0.3 is 0 Å². The van der Waals surface area contributed by atoms with Crippen molar-refractivity contribution in [1.82, 2.24) is 0 Å². The lowest BCUT2D eigenvalue weighted by Crippen LogP contribution is -2.25. The van der Waals surface area contributed by atoms with Gasteiger partial charge in [0.15, 0.2) is 9.84 Å². The van der Waals surface area contributed by atoms with E-state index in [0.29, 0.717) is 10.6 Å². The van der Waals surface area contributed by atoms with Gasteiger partial charge in [0.2, 0.25) is 0 Å². The van der Waals surface area contributed by atoms with Gasteiger partial charge in [-0.1, -0.05) is 12.1 Å². The van der Waals surface area contributed by atoms with E-state index in [1.54, 1.807) is 12.1 Å². The molecule has 4 heteroatoms. The minimum absolute atomic E-state index is 0.297. The first-order valence-electron chi connectivity index (χ1n) is 4.81. The van der Waals surface area contributed by atoms with Gasteiger partial charge in [-0.05, 0) is 25.5 Å². The Bertz CT molecular complexity index is 501. The summed E-state index contributed by atoms with van der Waals surface area (Å²) in [5.41, 5.74) is 0.672. The molecule has 0 unspecified atom stereocenters. The molecular formula is C11H14O3S. The number of fused-ring (bicyclic) bond motifs is 1. The second-order valence-electron chi connectivity index (χ2n) is 4.56. The molecule has 0 spiro atoms. The lowest BCUT2D eigenvalue weighted by molar-refractivity contribution is 0.135. The SMILES string of the molecule is CC1(C)Cc2cccc(S(C)(=O)=O)c2O1. The highest BCUT2D eigenvalue weighted by atomic mass is 32.2. The number of ether oxygens (including phenoxy) is 1. The van der Waals surface area contributed by atoms with Crippen LogP contribution in [0.25, 0.3) is 0 Å². The molecular weight excluding hydrogens is 212 g/mol. The van der Waals surface area contributed by atoms with Crippen molar-refractivity contribution in [3.05, 3.63) is 23.8 Å². The molecule has 0 amide bonds. The molecule has 0 radical (unpaired) electrons. The predicted molar refractivity (Wildman–Crippen MR) is 58.0 cm³/mol. The summed E-state index contributed by atoms with van der Waals surface area (Å²) >= 11 is 0. The fraction of sp³-hybridized carbons (Fsp3) is 0.455. The molecule has 0 fully saturated rings. The minimum Gasteiger partial charge on any atom is -0.486 e. The third kappa shape index (κ3) is 1.86. The van der Waals surface area contributed by atoms with Crippen molar-refractivity contribution in [1.29, 1.82) is 0 Å². The molecule has 1 aliphatic heterocycles. The van der Waals surface area contributed by atoms with Crippen LogP contribution in [-0.4, -0.2) is 20.3 Å². The van der Waals surface area contributed by atoms with Crippen molar-refractivity contribution in [2.24, 2.45) is 0 Å². The summed E-state index contributed by atoms with van der Waals surface area (Å²) in [5, 5.41) is 0. The number of hydrogen-bond acceptors (Lipinski definition) is 3. The topological polar surface area (TPSA) is 43.4 Å². The van der Waals surface area contributed by atoms with Crippen LogP contribution in [0, 0.1) is 0 Å². The zero-order valence-electron chi connectivity index (χ0n) is 9.07. The maximum absolute atomic E-state index is 11.5. The van der Waals surface area contributed by atoms with Gasteiger partial charge in [0.1, 0.15) is 16.2 Å². The molecule has 0 aromatic heterocycles. The van der Waals surface area contributed by atoms with Crippen LogP contribution < -0.4 is 4.74 Å². The van der Waals surface area contributed by atoms with E-state index in [0.717, 1.165) is 12.0 Å². The quantitative estimate of drug-likeness (QED) is 0.733. The lowest BCUT2D eigenvalue weighted by atomic mass is 10.0. The predicted octanol–water partition coefficient (Wildman–Crippen LogP) is 1.80. The Hall–Kier alpha value is -1.03. The summed E-state index contributed by atoms with van der Waals surface area (Å²) in [6, 6.07) is 5.27. The average Bonchev–Trinajstić information content (AvgIpc) is 2.35. The molecule has 0 atom stereocenters. The molecule has 0 bridgehead atoms. The summed E-state index contributed by atoms with van der Waals surface area (Å²) in [6.07, 6.45) is 1.96. The highest BCUT2D eigenvalue weighted by Gasteiger charge is 2.33. The summed E-state index contributed by atoms with van der Waals surface area (Å²) in [5.74, 6) is 0.532. The summed E-state index contributed by atoms with van der Waals surface area (Å²) in [4.78, 5) is 0.297. The first-order chi connectivity index (χ1) is 6.80. The van der Waals surface area contributed by atoms with Gasteiger partial charge < -0.3 is 4.74 Å². The number of benzene rings is 1. The van der Waals surface area contributed by atoms with Crippen LogP contribution in [0.4, 0.5) is 0 Å². The van der Waals surface area contributed by atoms with Crippen molar-refractivity contribution in [2.75, 3.05) is 6.26 Å². The van der Waals surface area contributed by atoms with Crippen LogP contribution in [0.1, 0.15) is 19.4 Å². The Morgan fingerprint density at radius 2 is 2.00 bits per heavy atom. The van der Waals surface area contributed by atoms with E-state index < -0.39 is 9.84 Å². The van der Waals surface area contributed by atoms with Crippen molar-refractivity contribution in [3.63, 3.8) is 0 Å². The molecule has 3 nitrogen and oxygen atoms in total. The third-order valence-electron chi connectivity index (χ3n) is 2.45. The van der Waals surface area contributed by atoms with E-state index in [9.17, 15) is 8.42 Å². The van der Waals surface area contributed by atoms with Crippen molar-refractivity contribution in [3.8, 4) is 5.75 Å². The van der Waals surface area contributed by atoms with Gasteiger partial charge in [0.05, 0.1) is 0 Å². The third-order valence-corrected chi connectivity index (χ3v) is 3.57. The highest BCUT2D eigenvalue weighted by Crippen LogP contribution is 2.39. The molecule has 1 aromatic carbocycles. The maximum atomic E-state index is 11.5. The fourth-order valence-electron chi connectivity index (χ4n) is 1.88. The van der Waals surface area contributed by atoms with Crippen LogP contribution in [0.2, 0.25) is 0 Å². The van der Waals surface area contributed by atoms with Crippen LogP contribution >= 0.6 is 0 Å². The zero-order chi connectivity index (χ0) is 11.3. The number of para-hydroxylation sites is 1. The van der Waals surface area contributed by atoms with Gasteiger partial charge in [-0.3, -0.25) is 0 Å². The van der Waals surface area contributed by atoms with E-state index in [4.69, 9.17) is 4.74 Å². The number of sulfone groups is 1. The molecule has 0 N–H and O–H groups in total. The fourth-order valence-corrected chi connectivity index (χ4v) is 2.71. The molecule has 2 rings (SSSR count). The number of rotatable bonds is 1. The Labute approximate surface area is 90.0 Å². The Morgan fingerprint density at radius 1 is 1.33 bits per heavy atom. The average molecular weight is 226 g/mol. The lowest BCUT2D eigenvalue weighted by Gasteiger charge is -2.17. The number of hydrogen-bond donors (Lipinski definition) is 0. The van der Waals surface area contributed by atoms with E-state index >= 15 is 0 Å². The summed E-state index contributed by atoms with van der Waals surface area (Å²) in [7, 11) is -3.20. The molecule has 1 heterocycles. The largest absolute Gasteiger partial charge is 0.486 e. The van der Waals surface area contributed by atoms with Crippen molar-refractivity contribution >= 4 is 9.84 Å². The Balaban J connectivity index is 2.61. The molecule has 0 saturated carbocycles. The van der Waals surface area contributed by atoms with E-state index in [1.807, 2.05) is 19.9 Å². The highest BCUT2D eigenvalue weighted by molar-refractivity contribution is 7.90.